The third-order valence-electron chi connectivity index (χ3n) is 9.84. The highest BCUT2D eigenvalue weighted by Gasteiger charge is 2.36. The number of hydrogen-bond acceptors (Lipinski definition) is 4. The van der Waals surface area contributed by atoms with Gasteiger partial charge in [0.2, 0.25) is 0 Å². The second kappa shape index (κ2) is 10.2. The van der Waals surface area contributed by atoms with E-state index in [1.54, 1.807) is 0 Å². The van der Waals surface area contributed by atoms with Gasteiger partial charge in [-0.05, 0) is 101 Å². The summed E-state index contributed by atoms with van der Waals surface area (Å²) in [4.78, 5) is 4.80. The number of nitrogens with zero attached hydrogens (tertiary/aromatic N) is 4. The molecular weight excluding hydrogens is 560 g/mol. The molecule has 0 spiro atoms. The quantitative estimate of drug-likeness (QED) is 0.191. The van der Waals surface area contributed by atoms with Crippen molar-refractivity contribution in [3.63, 3.8) is 0 Å². The minimum atomic E-state index is -0.0881. The van der Waals surface area contributed by atoms with Crippen LogP contribution >= 0.6 is 0 Å². The molecule has 0 amide bonds. The lowest BCUT2D eigenvalue weighted by Gasteiger charge is -2.33. The first kappa shape index (κ1) is 27.9. The van der Waals surface area contributed by atoms with E-state index in [0.29, 0.717) is 17.0 Å². The molecule has 4 nitrogen and oxygen atoms in total. The third kappa shape index (κ3) is 4.26. The Balaban J connectivity index is 1.37. The second-order valence-electron chi connectivity index (χ2n) is 13.6. The molecule has 1 aliphatic heterocycles. The van der Waals surface area contributed by atoms with Gasteiger partial charge in [0.15, 0.2) is 0 Å². The van der Waals surface area contributed by atoms with Gasteiger partial charge in [-0.15, -0.1) is 0 Å². The van der Waals surface area contributed by atoms with E-state index in [1.165, 1.54) is 60.5 Å². The molecule has 0 aromatic heterocycles. The van der Waals surface area contributed by atoms with Crippen LogP contribution in [0.5, 0.6) is 0 Å². The summed E-state index contributed by atoms with van der Waals surface area (Å²) in [5.74, 6) is 0.417. The van der Waals surface area contributed by atoms with Crippen LogP contribution in [0.2, 0.25) is 0 Å². The van der Waals surface area contributed by atoms with E-state index < -0.39 is 0 Å². The highest BCUT2D eigenvalue weighted by molar-refractivity contribution is 6.27. The average molecular weight is 595 g/mol. The molecule has 1 unspecified atom stereocenters. The highest BCUT2D eigenvalue weighted by atomic mass is 15.2. The molecular formula is C42H34N4. The molecule has 6 aromatic rings. The number of hydrogen-bond donors (Lipinski definition) is 0. The third-order valence-corrected chi connectivity index (χ3v) is 9.84. The monoisotopic (exact) mass is 594 g/mol. The smallest absolute Gasteiger partial charge is 0.0992 e. The van der Waals surface area contributed by atoms with Gasteiger partial charge < -0.3 is 9.80 Å². The zero-order valence-electron chi connectivity index (χ0n) is 26.6. The Bertz CT molecular complexity index is 2360. The summed E-state index contributed by atoms with van der Waals surface area (Å²) in [6.07, 6.45) is 5.54. The Labute approximate surface area is 270 Å². The number of fused-ring (bicyclic) bond motifs is 1. The van der Waals surface area contributed by atoms with Crippen molar-refractivity contribution >= 4 is 55.1 Å². The van der Waals surface area contributed by atoms with Gasteiger partial charge in [0.05, 0.1) is 29.0 Å². The molecule has 1 heterocycles. The van der Waals surface area contributed by atoms with Crippen LogP contribution in [0.3, 0.4) is 0 Å². The second-order valence-corrected chi connectivity index (χ2v) is 13.6. The molecule has 0 saturated heterocycles. The highest BCUT2D eigenvalue weighted by Crippen LogP contribution is 2.49. The minimum Gasteiger partial charge on any atom is -0.340 e. The molecule has 0 saturated carbocycles. The van der Waals surface area contributed by atoms with E-state index in [4.69, 9.17) is 0 Å². The molecule has 0 fully saturated rings. The SMILES string of the molecule is CC1=CC(C)CC(N(c2cccc(C#N)c2)c2ccc3ccc4c(N5CC(C)(C)c6cc(C#N)ccc65)ccc5ccc2c3c54)=C1. The zero-order valence-corrected chi connectivity index (χ0v) is 26.6. The van der Waals surface area contributed by atoms with E-state index >= 15 is 0 Å². The van der Waals surface area contributed by atoms with Gasteiger partial charge in [-0.25, -0.2) is 0 Å². The van der Waals surface area contributed by atoms with Crippen LogP contribution in [0.4, 0.5) is 22.7 Å². The normalized spacial score (nSPS) is 17.1. The first-order valence-corrected chi connectivity index (χ1v) is 16.0. The Hall–Kier alpha value is -5.58. The Morgan fingerprint density at radius 1 is 0.783 bits per heavy atom. The van der Waals surface area contributed by atoms with Crippen LogP contribution in [0.1, 0.15) is 50.8 Å². The van der Waals surface area contributed by atoms with Crippen molar-refractivity contribution in [1.29, 1.82) is 10.5 Å². The van der Waals surface area contributed by atoms with E-state index in [2.05, 4.69) is 129 Å². The van der Waals surface area contributed by atoms with Crippen LogP contribution < -0.4 is 9.80 Å². The topological polar surface area (TPSA) is 54.1 Å². The first-order valence-electron chi connectivity index (χ1n) is 16.0. The van der Waals surface area contributed by atoms with Crippen LogP contribution in [0.25, 0.3) is 32.3 Å². The van der Waals surface area contributed by atoms with Gasteiger partial charge in [-0.3, -0.25) is 0 Å². The fourth-order valence-corrected chi connectivity index (χ4v) is 7.90. The summed E-state index contributed by atoms with van der Waals surface area (Å²) in [6, 6.07) is 36.8. The predicted octanol–water partition coefficient (Wildman–Crippen LogP) is 10.8. The Morgan fingerprint density at radius 3 is 2.22 bits per heavy atom. The Morgan fingerprint density at radius 2 is 1.46 bits per heavy atom. The standard InChI is InChI=1S/C42H34N4/c1-26-18-27(2)20-33(19-26)46(32-7-5-6-28(21-32)23-43)38-17-12-31-9-13-34-37(16-11-30-10-14-35(38)41(31)40(30)34)45-25-42(3,4)36-22-29(24-44)8-15-39(36)45/h5-19,21-22,27H,20,25H2,1-4H3. The largest absolute Gasteiger partial charge is 0.340 e. The molecule has 222 valence electrons. The van der Waals surface area contributed by atoms with Gasteiger partial charge in [-0.2, -0.15) is 10.5 Å². The molecule has 46 heavy (non-hydrogen) atoms. The lowest BCUT2D eigenvalue weighted by Crippen LogP contribution is -2.25. The molecule has 0 bridgehead atoms. The van der Waals surface area contributed by atoms with Crippen molar-refractivity contribution in [3.05, 3.63) is 131 Å². The molecule has 6 aromatic carbocycles. The fourth-order valence-electron chi connectivity index (χ4n) is 7.90. The van der Waals surface area contributed by atoms with Crippen LogP contribution in [-0.4, -0.2) is 6.54 Å². The van der Waals surface area contributed by atoms with Gasteiger partial charge >= 0.3 is 0 Å². The predicted molar refractivity (Wildman–Crippen MR) is 190 cm³/mol. The lowest BCUT2D eigenvalue weighted by atomic mass is 9.86. The van der Waals surface area contributed by atoms with Gasteiger partial charge in [0, 0.05) is 45.5 Å². The molecule has 0 radical (unpaired) electrons. The molecule has 1 aliphatic carbocycles. The van der Waals surface area contributed by atoms with Crippen molar-refractivity contribution in [2.45, 2.75) is 39.5 Å². The maximum Gasteiger partial charge on any atom is 0.0992 e. The van der Waals surface area contributed by atoms with Crippen molar-refractivity contribution in [1.82, 2.24) is 0 Å². The first-order chi connectivity index (χ1) is 22.3. The average Bonchev–Trinajstić information content (AvgIpc) is 3.33. The van der Waals surface area contributed by atoms with Gasteiger partial charge in [0.25, 0.3) is 0 Å². The summed E-state index contributed by atoms with van der Waals surface area (Å²) in [5, 5.41) is 26.8. The van der Waals surface area contributed by atoms with E-state index in [1.807, 2.05) is 24.3 Å². The van der Waals surface area contributed by atoms with Crippen LogP contribution in [0.15, 0.2) is 114 Å². The van der Waals surface area contributed by atoms with Gasteiger partial charge in [0.1, 0.15) is 0 Å². The molecule has 1 atom stereocenters. The summed E-state index contributed by atoms with van der Waals surface area (Å²) < 4.78 is 0. The van der Waals surface area contributed by atoms with Crippen molar-refractivity contribution < 1.29 is 0 Å². The number of benzene rings is 6. The fraction of sp³-hybridized carbons (Fsp3) is 0.190. The maximum atomic E-state index is 9.79. The van der Waals surface area contributed by atoms with E-state index in [-0.39, 0.29) is 5.41 Å². The van der Waals surface area contributed by atoms with Crippen LogP contribution in [-0.2, 0) is 5.41 Å². The summed E-state index contributed by atoms with van der Waals surface area (Å²) >= 11 is 0. The van der Waals surface area contributed by atoms with Crippen molar-refractivity contribution in [2.75, 3.05) is 16.3 Å². The summed E-state index contributed by atoms with van der Waals surface area (Å²) in [5.41, 5.74) is 9.44. The number of nitriles is 2. The minimum absolute atomic E-state index is 0.0881. The van der Waals surface area contributed by atoms with E-state index in [0.717, 1.165) is 24.3 Å². The summed E-state index contributed by atoms with van der Waals surface area (Å²) in [7, 11) is 0. The number of rotatable bonds is 4. The molecule has 2 aliphatic rings. The molecule has 4 heteroatoms. The number of allylic oxidation sites excluding steroid dienone is 4. The van der Waals surface area contributed by atoms with E-state index in [9.17, 15) is 10.5 Å². The van der Waals surface area contributed by atoms with Crippen molar-refractivity contribution in [2.24, 2.45) is 5.92 Å². The van der Waals surface area contributed by atoms with Gasteiger partial charge in [-0.1, -0.05) is 74.9 Å². The zero-order chi connectivity index (χ0) is 31.7. The Kier molecular flexibility index (Phi) is 6.21. The van der Waals surface area contributed by atoms with Crippen molar-refractivity contribution in [3.8, 4) is 12.1 Å². The molecule has 0 N–H and O–H groups in total. The summed E-state index contributed by atoms with van der Waals surface area (Å²) in [6.45, 7) is 9.81. The lowest BCUT2D eigenvalue weighted by molar-refractivity contribution is 0.569. The maximum absolute atomic E-state index is 9.79. The van der Waals surface area contributed by atoms with Crippen LogP contribution in [0, 0.1) is 28.6 Å². The number of anilines is 4. The molecule has 8 rings (SSSR count).